The molecule has 6 nitrogen and oxygen atoms in total. The molecule has 2 heterocycles. The van der Waals surface area contributed by atoms with E-state index in [0.29, 0.717) is 16.6 Å². The van der Waals surface area contributed by atoms with Crippen molar-refractivity contribution in [2.75, 3.05) is 13.2 Å². The van der Waals surface area contributed by atoms with E-state index in [1.54, 1.807) is 30.5 Å². The number of aromatic nitrogens is 1. The number of ether oxygens (including phenoxy) is 1. The van der Waals surface area contributed by atoms with E-state index in [0.717, 1.165) is 36.1 Å². The van der Waals surface area contributed by atoms with Gasteiger partial charge in [0.05, 0.1) is 24.3 Å². The van der Waals surface area contributed by atoms with E-state index in [9.17, 15) is 15.0 Å². The SMILES string of the molecule is O=C(O)c1cncc(CN2CCC[C@H](O[C@H](CO)c3cc(Cl)cc(Cl)c3)[C@@H]2c2ccccc2)c1. The van der Waals surface area contributed by atoms with Crippen LogP contribution in [0.3, 0.4) is 0 Å². The first kappa shape index (κ1) is 24.6. The lowest BCUT2D eigenvalue weighted by Crippen LogP contribution is -2.43. The Morgan fingerprint density at radius 3 is 2.53 bits per heavy atom. The minimum Gasteiger partial charge on any atom is -0.478 e. The summed E-state index contributed by atoms with van der Waals surface area (Å²) < 4.78 is 6.51. The van der Waals surface area contributed by atoms with Crippen molar-refractivity contribution in [1.82, 2.24) is 9.88 Å². The monoisotopic (exact) mass is 500 g/mol. The molecule has 0 saturated carbocycles. The molecule has 1 aliphatic heterocycles. The second-order valence-corrected chi connectivity index (χ2v) is 9.28. The van der Waals surface area contributed by atoms with Crippen molar-refractivity contribution in [3.8, 4) is 0 Å². The Morgan fingerprint density at radius 1 is 1.12 bits per heavy atom. The van der Waals surface area contributed by atoms with Crippen LogP contribution in [0.4, 0.5) is 0 Å². The molecule has 1 fully saturated rings. The van der Waals surface area contributed by atoms with Crippen molar-refractivity contribution in [2.24, 2.45) is 0 Å². The Hall–Kier alpha value is -2.48. The van der Waals surface area contributed by atoms with Crippen LogP contribution in [0.2, 0.25) is 10.0 Å². The van der Waals surface area contributed by atoms with Crippen LogP contribution in [0.5, 0.6) is 0 Å². The number of carboxylic acid groups (broad SMARTS) is 1. The number of aliphatic hydroxyl groups excluding tert-OH is 1. The Morgan fingerprint density at radius 2 is 1.85 bits per heavy atom. The summed E-state index contributed by atoms with van der Waals surface area (Å²) in [5.74, 6) is -1.00. The minimum absolute atomic E-state index is 0.0906. The molecule has 0 aliphatic carbocycles. The zero-order valence-electron chi connectivity index (χ0n) is 18.5. The van der Waals surface area contributed by atoms with Crippen molar-refractivity contribution in [3.63, 3.8) is 0 Å². The average molecular weight is 501 g/mol. The maximum Gasteiger partial charge on any atom is 0.337 e. The van der Waals surface area contributed by atoms with E-state index in [4.69, 9.17) is 27.9 Å². The smallest absolute Gasteiger partial charge is 0.337 e. The first-order chi connectivity index (χ1) is 16.4. The van der Waals surface area contributed by atoms with Crippen LogP contribution in [0, 0.1) is 0 Å². The Kier molecular flexibility index (Phi) is 8.19. The van der Waals surface area contributed by atoms with Gasteiger partial charge in [0, 0.05) is 29.0 Å². The lowest BCUT2D eigenvalue weighted by atomic mass is 9.91. The maximum absolute atomic E-state index is 11.4. The molecule has 1 aromatic heterocycles. The normalized spacial score (nSPS) is 19.6. The van der Waals surface area contributed by atoms with Crippen molar-refractivity contribution < 1.29 is 19.7 Å². The number of carboxylic acids is 1. The molecule has 0 bridgehead atoms. The van der Waals surface area contributed by atoms with Gasteiger partial charge in [-0.1, -0.05) is 53.5 Å². The highest BCUT2D eigenvalue weighted by Gasteiger charge is 2.35. The molecule has 4 rings (SSSR count). The van der Waals surface area contributed by atoms with E-state index >= 15 is 0 Å². The highest BCUT2D eigenvalue weighted by molar-refractivity contribution is 6.34. The number of likely N-dealkylation sites (tertiary alicyclic amines) is 1. The summed E-state index contributed by atoms with van der Waals surface area (Å²) in [6.07, 6.45) is 3.97. The number of hydrogen-bond donors (Lipinski definition) is 2. The first-order valence-corrected chi connectivity index (χ1v) is 11.9. The second kappa shape index (κ2) is 11.3. The van der Waals surface area contributed by atoms with Gasteiger partial charge >= 0.3 is 5.97 Å². The molecule has 0 radical (unpaired) electrons. The van der Waals surface area contributed by atoms with Crippen molar-refractivity contribution in [3.05, 3.63) is 99.3 Å². The number of piperidine rings is 1. The lowest BCUT2D eigenvalue weighted by molar-refractivity contribution is -0.100. The van der Waals surface area contributed by atoms with Gasteiger partial charge < -0.3 is 14.9 Å². The summed E-state index contributed by atoms with van der Waals surface area (Å²) in [5, 5.41) is 20.5. The van der Waals surface area contributed by atoms with E-state index in [-0.39, 0.29) is 24.3 Å². The van der Waals surface area contributed by atoms with Gasteiger partial charge in [0.25, 0.3) is 0 Å². The van der Waals surface area contributed by atoms with Crippen LogP contribution in [-0.4, -0.2) is 45.3 Å². The Bertz CT molecular complexity index is 1110. The Balaban J connectivity index is 1.63. The molecule has 2 aromatic carbocycles. The molecule has 178 valence electrons. The second-order valence-electron chi connectivity index (χ2n) is 8.40. The predicted octanol–water partition coefficient (Wildman–Crippen LogP) is 5.54. The highest BCUT2D eigenvalue weighted by Crippen LogP contribution is 2.37. The molecule has 3 aromatic rings. The van der Waals surface area contributed by atoms with Crippen LogP contribution < -0.4 is 0 Å². The molecule has 3 atom stereocenters. The van der Waals surface area contributed by atoms with Gasteiger partial charge in [-0.05, 0) is 60.3 Å². The summed E-state index contributed by atoms with van der Waals surface area (Å²) in [5.41, 5.74) is 2.80. The molecule has 8 heteroatoms. The van der Waals surface area contributed by atoms with Crippen LogP contribution in [0.1, 0.15) is 52.0 Å². The fourth-order valence-electron chi connectivity index (χ4n) is 4.55. The number of carbonyl (C=O) groups is 1. The van der Waals surface area contributed by atoms with Gasteiger partial charge in [-0.25, -0.2) is 4.79 Å². The third-order valence-electron chi connectivity index (χ3n) is 6.01. The van der Waals surface area contributed by atoms with Gasteiger partial charge in [-0.3, -0.25) is 9.88 Å². The Labute approximate surface area is 208 Å². The van der Waals surface area contributed by atoms with E-state index in [2.05, 4.69) is 22.0 Å². The number of nitrogens with zero attached hydrogens (tertiary/aromatic N) is 2. The molecule has 2 N–H and O–H groups in total. The molecule has 0 amide bonds. The number of aliphatic hydroxyl groups is 1. The quantitative estimate of drug-likeness (QED) is 0.422. The van der Waals surface area contributed by atoms with Gasteiger partial charge in [-0.15, -0.1) is 0 Å². The van der Waals surface area contributed by atoms with Gasteiger partial charge in [0.2, 0.25) is 0 Å². The third-order valence-corrected chi connectivity index (χ3v) is 6.45. The number of hydrogen-bond acceptors (Lipinski definition) is 5. The van der Waals surface area contributed by atoms with E-state index < -0.39 is 12.1 Å². The van der Waals surface area contributed by atoms with Crippen LogP contribution in [0.25, 0.3) is 0 Å². The summed E-state index contributed by atoms with van der Waals surface area (Å²) in [7, 11) is 0. The summed E-state index contributed by atoms with van der Waals surface area (Å²) >= 11 is 12.4. The van der Waals surface area contributed by atoms with Crippen molar-refractivity contribution in [2.45, 2.75) is 37.6 Å². The number of aromatic carboxylic acids is 1. The average Bonchev–Trinajstić information content (AvgIpc) is 2.82. The number of halogens is 2. The van der Waals surface area contributed by atoms with Gasteiger partial charge in [-0.2, -0.15) is 0 Å². The zero-order valence-corrected chi connectivity index (χ0v) is 20.0. The molecule has 1 saturated heterocycles. The van der Waals surface area contributed by atoms with Crippen molar-refractivity contribution in [1.29, 1.82) is 0 Å². The number of pyridine rings is 1. The molecular weight excluding hydrogens is 475 g/mol. The zero-order chi connectivity index (χ0) is 24.1. The number of rotatable bonds is 8. The van der Waals surface area contributed by atoms with Crippen LogP contribution in [-0.2, 0) is 11.3 Å². The fourth-order valence-corrected chi connectivity index (χ4v) is 5.09. The van der Waals surface area contributed by atoms with Gasteiger partial charge in [0.15, 0.2) is 0 Å². The van der Waals surface area contributed by atoms with E-state index in [1.807, 2.05) is 18.2 Å². The van der Waals surface area contributed by atoms with Crippen LogP contribution >= 0.6 is 23.2 Å². The largest absolute Gasteiger partial charge is 0.478 e. The first-order valence-electron chi connectivity index (χ1n) is 11.1. The lowest BCUT2D eigenvalue weighted by Gasteiger charge is -2.42. The summed E-state index contributed by atoms with van der Waals surface area (Å²) in [6, 6.07) is 16.8. The predicted molar refractivity (Wildman–Crippen MR) is 131 cm³/mol. The summed E-state index contributed by atoms with van der Waals surface area (Å²) in [6.45, 7) is 1.14. The van der Waals surface area contributed by atoms with E-state index in [1.165, 1.54) is 6.20 Å². The minimum atomic E-state index is -1.00. The summed E-state index contributed by atoms with van der Waals surface area (Å²) in [4.78, 5) is 17.8. The highest BCUT2D eigenvalue weighted by atomic mass is 35.5. The molecule has 34 heavy (non-hydrogen) atoms. The van der Waals surface area contributed by atoms with Gasteiger partial charge in [0.1, 0.15) is 6.10 Å². The standard InChI is InChI=1S/C26H26Cl2N2O4/c27-21-10-19(11-22(28)12-21)24(16-31)34-23-7-4-8-30(25(23)18-5-2-1-3-6-18)15-17-9-20(26(32)33)14-29-13-17/h1-3,5-6,9-14,23-25,31H,4,7-8,15-16H2,(H,32,33)/t23-,24+,25-/m0/s1. The topological polar surface area (TPSA) is 82.9 Å². The molecule has 0 spiro atoms. The molecule has 1 aliphatic rings. The van der Waals surface area contributed by atoms with Crippen LogP contribution in [0.15, 0.2) is 67.0 Å². The molecule has 0 unspecified atom stereocenters. The maximum atomic E-state index is 11.4. The number of benzene rings is 2. The fraction of sp³-hybridized carbons (Fsp3) is 0.308. The molecular formula is C26H26Cl2N2O4. The third kappa shape index (κ3) is 5.95. The van der Waals surface area contributed by atoms with Crippen molar-refractivity contribution >= 4 is 29.2 Å².